The lowest BCUT2D eigenvalue weighted by Crippen LogP contribution is -2.50. The van der Waals surface area contributed by atoms with Gasteiger partial charge in [-0.05, 0) is 24.6 Å². The molecule has 0 bridgehead atoms. The molecule has 1 aromatic carbocycles. The van der Waals surface area contributed by atoms with Crippen LogP contribution in [0, 0.1) is 17.2 Å². The normalized spacial score (nSPS) is 14.2. The molecule has 0 aliphatic carbocycles. The van der Waals surface area contributed by atoms with Crippen LogP contribution in [0.5, 0.6) is 0 Å². The Balaban J connectivity index is 3.03. The van der Waals surface area contributed by atoms with Crippen molar-refractivity contribution in [2.45, 2.75) is 33.2 Å². The maximum atomic E-state index is 9.80. The van der Waals surface area contributed by atoms with Crippen LogP contribution in [0.2, 0.25) is 0 Å². The smallest absolute Gasteiger partial charge is 0.145 e. The molecule has 0 fully saturated rings. The van der Waals surface area contributed by atoms with Crippen LogP contribution in [0.3, 0.4) is 0 Å². The zero-order valence-electron chi connectivity index (χ0n) is 13.2. The van der Waals surface area contributed by atoms with Gasteiger partial charge in [-0.3, -0.25) is 5.32 Å². The van der Waals surface area contributed by atoms with Crippen LogP contribution in [0.1, 0.15) is 33.3 Å². The third-order valence-corrected chi connectivity index (χ3v) is 3.47. The summed E-state index contributed by atoms with van der Waals surface area (Å²) in [5, 5.41) is 13.2. The van der Waals surface area contributed by atoms with Crippen LogP contribution in [0.15, 0.2) is 30.3 Å². The minimum absolute atomic E-state index is 0.601. The van der Waals surface area contributed by atoms with Gasteiger partial charge in [0.1, 0.15) is 5.54 Å². The molecule has 0 saturated carbocycles. The lowest BCUT2D eigenvalue weighted by Gasteiger charge is -2.34. The van der Waals surface area contributed by atoms with Crippen LogP contribution >= 0.6 is 0 Å². The fourth-order valence-electron chi connectivity index (χ4n) is 2.57. The zero-order valence-corrected chi connectivity index (χ0v) is 13.2. The molecule has 110 valence electrons. The Bertz CT molecular complexity index is 422. The van der Waals surface area contributed by atoms with Gasteiger partial charge in [0.15, 0.2) is 0 Å². The Hall–Kier alpha value is -1.37. The standard InChI is InChI=1S/C17H27N3/c1-5-19-17(13-18,16-10-8-7-9-11-16)14-20(6-2)12-15(3)4/h7-11,15,19H,5-6,12,14H2,1-4H3. The summed E-state index contributed by atoms with van der Waals surface area (Å²) in [6, 6.07) is 12.6. The molecule has 0 amide bonds. The minimum Gasteiger partial charge on any atom is -0.300 e. The van der Waals surface area contributed by atoms with Gasteiger partial charge < -0.3 is 4.90 Å². The first-order chi connectivity index (χ1) is 9.57. The first kappa shape index (κ1) is 16.7. The van der Waals surface area contributed by atoms with Gasteiger partial charge >= 0.3 is 0 Å². The van der Waals surface area contributed by atoms with Gasteiger partial charge in [0.2, 0.25) is 0 Å². The maximum absolute atomic E-state index is 9.80. The van der Waals surface area contributed by atoms with Crippen LogP contribution in [0.25, 0.3) is 0 Å². The monoisotopic (exact) mass is 273 g/mol. The van der Waals surface area contributed by atoms with Crippen molar-refractivity contribution in [3.8, 4) is 6.07 Å². The predicted octanol–water partition coefficient (Wildman–Crippen LogP) is 2.99. The third kappa shape index (κ3) is 4.33. The Kier molecular flexibility index (Phi) is 6.70. The number of rotatable bonds is 8. The summed E-state index contributed by atoms with van der Waals surface area (Å²) in [7, 11) is 0. The molecule has 1 atom stereocenters. The Morgan fingerprint density at radius 3 is 2.35 bits per heavy atom. The van der Waals surface area contributed by atoms with Crippen LogP contribution < -0.4 is 5.32 Å². The molecule has 0 aliphatic rings. The number of hydrogen-bond acceptors (Lipinski definition) is 3. The van der Waals surface area contributed by atoms with E-state index in [2.05, 4.69) is 37.1 Å². The van der Waals surface area contributed by atoms with E-state index in [-0.39, 0.29) is 0 Å². The Morgan fingerprint density at radius 2 is 1.90 bits per heavy atom. The average molecular weight is 273 g/mol. The highest BCUT2D eigenvalue weighted by atomic mass is 15.2. The molecule has 0 saturated heterocycles. The summed E-state index contributed by atoms with van der Waals surface area (Å²) in [4.78, 5) is 2.35. The topological polar surface area (TPSA) is 39.1 Å². The molecule has 20 heavy (non-hydrogen) atoms. The second-order valence-corrected chi connectivity index (χ2v) is 5.64. The van der Waals surface area contributed by atoms with Gasteiger partial charge in [0.25, 0.3) is 0 Å². The number of nitrogens with zero attached hydrogens (tertiary/aromatic N) is 2. The molecule has 0 aromatic heterocycles. The Labute approximate surface area is 123 Å². The minimum atomic E-state index is -0.624. The van der Waals surface area contributed by atoms with Gasteiger partial charge in [-0.2, -0.15) is 5.26 Å². The molecule has 0 aliphatic heterocycles. The van der Waals surface area contributed by atoms with Gasteiger partial charge in [0.05, 0.1) is 6.07 Å². The van der Waals surface area contributed by atoms with Gasteiger partial charge in [-0.1, -0.05) is 58.0 Å². The molecule has 1 rings (SSSR count). The number of likely N-dealkylation sites (N-methyl/N-ethyl adjacent to an activating group) is 2. The summed E-state index contributed by atoms with van der Waals surface area (Å²) < 4.78 is 0. The second kappa shape index (κ2) is 8.04. The summed E-state index contributed by atoms with van der Waals surface area (Å²) in [6.07, 6.45) is 0. The second-order valence-electron chi connectivity index (χ2n) is 5.64. The molecule has 3 heteroatoms. The van der Waals surface area contributed by atoms with Crippen LogP contribution in [-0.4, -0.2) is 31.1 Å². The van der Waals surface area contributed by atoms with Crippen molar-refractivity contribution in [3.63, 3.8) is 0 Å². The fraction of sp³-hybridized carbons (Fsp3) is 0.588. The number of benzene rings is 1. The van der Waals surface area contributed by atoms with Crippen molar-refractivity contribution in [2.75, 3.05) is 26.2 Å². The van der Waals surface area contributed by atoms with Crippen molar-refractivity contribution < 1.29 is 0 Å². The molecular formula is C17H27N3. The van der Waals surface area contributed by atoms with Gasteiger partial charge in [-0.25, -0.2) is 0 Å². The average Bonchev–Trinajstić information content (AvgIpc) is 2.46. The SMILES string of the molecule is CCNC(C#N)(CN(CC)CC(C)C)c1ccccc1. The van der Waals surface area contributed by atoms with Crippen molar-refractivity contribution in [1.82, 2.24) is 10.2 Å². The molecule has 0 radical (unpaired) electrons. The lowest BCUT2D eigenvalue weighted by atomic mass is 9.90. The first-order valence-corrected chi connectivity index (χ1v) is 7.52. The number of hydrogen-bond donors (Lipinski definition) is 1. The van der Waals surface area contributed by atoms with E-state index >= 15 is 0 Å². The van der Waals surface area contributed by atoms with Gasteiger partial charge in [-0.15, -0.1) is 0 Å². The van der Waals surface area contributed by atoms with Crippen LogP contribution in [0.4, 0.5) is 0 Å². The van der Waals surface area contributed by atoms with E-state index in [9.17, 15) is 5.26 Å². The molecular weight excluding hydrogens is 246 g/mol. The quantitative estimate of drug-likeness (QED) is 0.791. The molecule has 1 unspecified atom stereocenters. The molecule has 1 aromatic rings. The molecule has 0 spiro atoms. The highest BCUT2D eigenvalue weighted by Crippen LogP contribution is 2.22. The van der Waals surface area contributed by atoms with Crippen molar-refractivity contribution in [3.05, 3.63) is 35.9 Å². The molecule has 1 N–H and O–H groups in total. The van der Waals surface area contributed by atoms with E-state index in [1.54, 1.807) is 0 Å². The van der Waals surface area contributed by atoms with E-state index in [4.69, 9.17) is 0 Å². The summed E-state index contributed by atoms with van der Waals surface area (Å²) in [5.41, 5.74) is 0.424. The largest absolute Gasteiger partial charge is 0.300 e. The highest BCUT2D eigenvalue weighted by molar-refractivity contribution is 5.32. The van der Waals surface area contributed by atoms with Crippen molar-refractivity contribution in [1.29, 1.82) is 5.26 Å². The van der Waals surface area contributed by atoms with E-state index < -0.39 is 5.54 Å². The number of nitrogens with one attached hydrogen (secondary N) is 1. The lowest BCUT2D eigenvalue weighted by molar-refractivity contribution is 0.201. The molecule has 0 heterocycles. The summed E-state index contributed by atoms with van der Waals surface area (Å²) in [6.45, 7) is 12.1. The van der Waals surface area contributed by atoms with E-state index in [0.717, 1.165) is 31.7 Å². The van der Waals surface area contributed by atoms with E-state index in [1.807, 2.05) is 37.3 Å². The third-order valence-electron chi connectivity index (χ3n) is 3.47. The van der Waals surface area contributed by atoms with Crippen LogP contribution in [-0.2, 0) is 5.54 Å². The van der Waals surface area contributed by atoms with E-state index in [0.29, 0.717) is 5.92 Å². The molecule has 3 nitrogen and oxygen atoms in total. The Morgan fingerprint density at radius 1 is 1.25 bits per heavy atom. The van der Waals surface area contributed by atoms with Crippen molar-refractivity contribution >= 4 is 0 Å². The number of nitriles is 1. The van der Waals surface area contributed by atoms with Crippen molar-refractivity contribution in [2.24, 2.45) is 5.92 Å². The predicted molar refractivity (Wildman–Crippen MR) is 84.4 cm³/mol. The first-order valence-electron chi connectivity index (χ1n) is 7.52. The highest BCUT2D eigenvalue weighted by Gasteiger charge is 2.33. The van der Waals surface area contributed by atoms with E-state index in [1.165, 1.54) is 0 Å². The summed E-state index contributed by atoms with van der Waals surface area (Å²) >= 11 is 0. The van der Waals surface area contributed by atoms with Gasteiger partial charge in [0, 0.05) is 13.1 Å². The fourth-order valence-corrected chi connectivity index (χ4v) is 2.57. The maximum Gasteiger partial charge on any atom is 0.145 e. The summed E-state index contributed by atoms with van der Waals surface area (Å²) in [5.74, 6) is 0.601. The zero-order chi connectivity index (χ0) is 15.0.